The molecule has 1 aromatic carbocycles. The number of nitrogens with zero attached hydrogens (tertiary/aromatic N) is 1. The molecule has 1 rings (SSSR count). The van der Waals surface area contributed by atoms with Gasteiger partial charge in [0, 0.05) is 18.0 Å². The minimum atomic E-state index is -0.389. The molecular weight excluding hydrogens is 290 g/mol. The molecule has 0 saturated carbocycles. The molecule has 0 aromatic heterocycles. The summed E-state index contributed by atoms with van der Waals surface area (Å²) in [5.41, 5.74) is 1.42. The number of carbonyl (C=O) groups is 2. The van der Waals surface area contributed by atoms with Crippen molar-refractivity contribution in [2.75, 3.05) is 19.7 Å². The van der Waals surface area contributed by atoms with Gasteiger partial charge in [-0.2, -0.15) is 0 Å². The highest BCUT2D eigenvalue weighted by Gasteiger charge is 2.20. The van der Waals surface area contributed by atoms with Crippen LogP contribution < -0.4 is 0 Å². The summed E-state index contributed by atoms with van der Waals surface area (Å²) >= 11 is 5.79. The number of rotatable bonds is 7. The van der Waals surface area contributed by atoms with Crippen molar-refractivity contribution < 1.29 is 14.3 Å². The zero-order chi connectivity index (χ0) is 15.8. The highest BCUT2D eigenvalue weighted by atomic mass is 35.5. The first-order chi connectivity index (χ1) is 9.97. The maximum Gasteiger partial charge on any atom is 0.325 e. The van der Waals surface area contributed by atoms with Crippen LogP contribution >= 0.6 is 11.6 Å². The van der Waals surface area contributed by atoms with E-state index in [1.54, 1.807) is 25.1 Å². The lowest BCUT2D eigenvalue weighted by molar-refractivity contribution is -0.143. The van der Waals surface area contributed by atoms with Crippen molar-refractivity contribution in [1.82, 2.24) is 4.90 Å². The molecule has 0 radical (unpaired) electrons. The molecule has 1 aromatic rings. The number of ether oxygens (including phenoxy) is 1. The molecule has 0 saturated heterocycles. The van der Waals surface area contributed by atoms with Gasteiger partial charge >= 0.3 is 5.97 Å². The Morgan fingerprint density at radius 3 is 2.62 bits per heavy atom. The zero-order valence-electron chi connectivity index (χ0n) is 12.8. The second-order valence-electron chi connectivity index (χ2n) is 5.22. The van der Waals surface area contributed by atoms with Crippen molar-refractivity contribution in [3.8, 4) is 0 Å². The summed E-state index contributed by atoms with van der Waals surface area (Å²) in [5.74, 6) is 0.0479. The van der Waals surface area contributed by atoms with Crippen LogP contribution in [0.15, 0.2) is 24.3 Å². The number of hydrogen-bond donors (Lipinski definition) is 0. The Morgan fingerprint density at radius 1 is 1.33 bits per heavy atom. The molecule has 21 heavy (non-hydrogen) atoms. The second-order valence-corrected chi connectivity index (χ2v) is 5.49. The third-order valence-electron chi connectivity index (χ3n) is 2.83. The van der Waals surface area contributed by atoms with Crippen molar-refractivity contribution in [3.05, 3.63) is 35.4 Å². The molecule has 0 N–H and O–H groups in total. The quantitative estimate of drug-likeness (QED) is 0.574. The highest BCUT2D eigenvalue weighted by molar-refractivity contribution is 6.17. The van der Waals surface area contributed by atoms with E-state index in [-0.39, 0.29) is 24.3 Å². The normalized spacial score (nSPS) is 10.5. The Labute approximate surface area is 131 Å². The van der Waals surface area contributed by atoms with E-state index in [0.717, 1.165) is 5.56 Å². The summed E-state index contributed by atoms with van der Waals surface area (Å²) in [6.45, 7) is 6.53. The molecule has 1 amide bonds. The molecule has 0 fully saturated rings. The lowest BCUT2D eigenvalue weighted by Gasteiger charge is -2.23. The summed E-state index contributed by atoms with van der Waals surface area (Å²) in [4.78, 5) is 25.7. The van der Waals surface area contributed by atoms with Crippen molar-refractivity contribution in [3.63, 3.8) is 0 Å². The van der Waals surface area contributed by atoms with Gasteiger partial charge in [0.1, 0.15) is 6.54 Å². The van der Waals surface area contributed by atoms with E-state index in [1.165, 1.54) is 4.90 Å². The lowest BCUT2D eigenvalue weighted by atomic mass is 10.1. The van der Waals surface area contributed by atoms with Crippen molar-refractivity contribution in [1.29, 1.82) is 0 Å². The van der Waals surface area contributed by atoms with Crippen LogP contribution in [0.2, 0.25) is 0 Å². The summed E-state index contributed by atoms with van der Waals surface area (Å²) in [6.07, 6.45) is 0. The predicted molar refractivity (Wildman–Crippen MR) is 83.4 cm³/mol. The first-order valence-electron chi connectivity index (χ1n) is 7.07. The first-order valence-corrected chi connectivity index (χ1v) is 7.61. The Balaban J connectivity index is 2.90. The SMILES string of the molecule is CCOC(=O)CN(CC(C)C)C(=O)c1cccc(CCl)c1. The second kappa shape index (κ2) is 8.67. The maximum atomic E-state index is 12.6. The van der Waals surface area contributed by atoms with Gasteiger partial charge in [0.05, 0.1) is 6.61 Å². The van der Waals surface area contributed by atoms with Gasteiger partial charge in [-0.05, 0) is 30.5 Å². The van der Waals surface area contributed by atoms with Gasteiger partial charge in [0.2, 0.25) is 0 Å². The number of amides is 1. The maximum absolute atomic E-state index is 12.6. The minimum Gasteiger partial charge on any atom is -0.465 e. The van der Waals surface area contributed by atoms with Crippen molar-refractivity contribution in [2.45, 2.75) is 26.7 Å². The summed E-state index contributed by atoms with van der Waals surface area (Å²) in [5, 5.41) is 0. The number of esters is 1. The van der Waals surface area contributed by atoms with Crippen molar-refractivity contribution in [2.24, 2.45) is 5.92 Å². The predicted octanol–water partition coefficient (Wildman–Crippen LogP) is 3.09. The topological polar surface area (TPSA) is 46.6 Å². The Bertz CT molecular complexity index is 488. The molecular formula is C16H22ClNO3. The van der Waals surface area contributed by atoms with Crippen LogP contribution in [0.5, 0.6) is 0 Å². The fourth-order valence-corrected chi connectivity index (χ4v) is 2.16. The molecule has 0 heterocycles. The lowest BCUT2D eigenvalue weighted by Crippen LogP contribution is -2.39. The van der Waals surface area contributed by atoms with E-state index in [0.29, 0.717) is 24.6 Å². The number of carbonyl (C=O) groups excluding carboxylic acids is 2. The summed E-state index contributed by atoms with van der Waals surface area (Å²) in [6, 6.07) is 7.15. The number of halogens is 1. The number of hydrogen-bond acceptors (Lipinski definition) is 3. The number of benzene rings is 1. The molecule has 0 aliphatic rings. The van der Waals surface area contributed by atoms with Crippen molar-refractivity contribution >= 4 is 23.5 Å². The fraction of sp³-hybridized carbons (Fsp3) is 0.500. The number of alkyl halides is 1. The smallest absolute Gasteiger partial charge is 0.325 e. The third-order valence-corrected chi connectivity index (χ3v) is 3.13. The Kier molecular flexibility index (Phi) is 7.23. The molecule has 116 valence electrons. The van der Waals surface area contributed by atoms with Crippen LogP contribution in [0.25, 0.3) is 0 Å². The molecule has 5 heteroatoms. The van der Waals surface area contributed by atoms with Gasteiger partial charge in [-0.25, -0.2) is 0 Å². The molecule has 0 atom stereocenters. The average Bonchev–Trinajstić information content (AvgIpc) is 2.45. The fourth-order valence-electron chi connectivity index (χ4n) is 1.99. The monoisotopic (exact) mass is 311 g/mol. The van der Waals surface area contributed by atoms with E-state index < -0.39 is 0 Å². The largest absolute Gasteiger partial charge is 0.465 e. The van der Waals surface area contributed by atoms with Gasteiger partial charge < -0.3 is 9.64 Å². The van der Waals surface area contributed by atoms with E-state index in [9.17, 15) is 9.59 Å². The highest BCUT2D eigenvalue weighted by Crippen LogP contribution is 2.12. The van der Waals surface area contributed by atoms with Crippen LogP contribution in [0.1, 0.15) is 36.7 Å². The van der Waals surface area contributed by atoms with E-state index in [2.05, 4.69) is 0 Å². The van der Waals surface area contributed by atoms with E-state index >= 15 is 0 Å². The molecule has 0 spiro atoms. The Morgan fingerprint density at radius 2 is 2.05 bits per heavy atom. The Hall–Kier alpha value is -1.55. The van der Waals surface area contributed by atoms with Gasteiger partial charge in [-0.3, -0.25) is 9.59 Å². The molecule has 0 unspecified atom stereocenters. The van der Waals surface area contributed by atoms with Crippen LogP contribution in [0.4, 0.5) is 0 Å². The summed E-state index contributed by atoms with van der Waals surface area (Å²) in [7, 11) is 0. The van der Waals surface area contributed by atoms with Crippen LogP contribution in [0, 0.1) is 5.92 Å². The van der Waals surface area contributed by atoms with E-state index in [4.69, 9.17) is 16.3 Å². The molecule has 4 nitrogen and oxygen atoms in total. The summed E-state index contributed by atoms with van der Waals surface area (Å²) < 4.78 is 4.93. The van der Waals surface area contributed by atoms with E-state index in [1.807, 2.05) is 19.9 Å². The minimum absolute atomic E-state index is 0.0318. The van der Waals surface area contributed by atoms with Crippen LogP contribution in [-0.2, 0) is 15.4 Å². The third kappa shape index (κ3) is 5.76. The average molecular weight is 312 g/mol. The standard InChI is InChI=1S/C16H22ClNO3/c1-4-21-15(19)11-18(10-12(2)3)16(20)14-7-5-6-13(8-14)9-17/h5-8,12H,4,9-11H2,1-3H3. The van der Waals surface area contributed by atoms with Crippen LogP contribution in [-0.4, -0.2) is 36.5 Å². The molecule has 0 bridgehead atoms. The van der Waals surface area contributed by atoms with Crippen LogP contribution in [0.3, 0.4) is 0 Å². The van der Waals surface area contributed by atoms with Gasteiger partial charge in [0.25, 0.3) is 5.91 Å². The van der Waals surface area contributed by atoms with Gasteiger partial charge in [0.15, 0.2) is 0 Å². The first kappa shape index (κ1) is 17.5. The molecule has 0 aliphatic carbocycles. The van der Waals surface area contributed by atoms with Gasteiger partial charge in [-0.1, -0.05) is 26.0 Å². The zero-order valence-corrected chi connectivity index (χ0v) is 13.5. The molecule has 0 aliphatic heterocycles. The van der Waals surface area contributed by atoms with Gasteiger partial charge in [-0.15, -0.1) is 11.6 Å².